The third kappa shape index (κ3) is 2.89. The third-order valence-electron chi connectivity index (χ3n) is 2.51. The molecule has 1 unspecified atom stereocenters. The standard InChI is InChI=1S/C11H17N5S/c1-3-4-16-11(13-7-14-16)10(12)5-9-6-17-8(2)15-9/h6-7,10H,3-5,12H2,1-2H3. The van der Waals surface area contributed by atoms with E-state index < -0.39 is 0 Å². The second kappa shape index (κ2) is 5.37. The average Bonchev–Trinajstić information content (AvgIpc) is 2.88. The first-order chi connectivity index (χ1) is 8.20. The zero-order valence-corrected chi connectivity index (χ0v) is 10.9. The van der Waals surface area contributed by atoms with Crippen molar-refractivity contribution in [1.29, 1.82) is 0 Å². The van der Waals surface area contributed by atoms with Crippen LogP contribution in [0.4, 0.5) is 0 Å². The van der Waals surface area contributed by atoms with Gasteiger partial charge in [-0.05, 0) is 13.3 Å². The molecule has 2 N–H and O–H groups in total. The molecule has 0 amide bonds. The normalized spacial score (nSPS) is 12.9. The van der Waals surface area contributed by atoms with Gasteiger partial charge in [-0.1, -0.05) is 6.92 Å². The van der Waals surface area contributed by atoms with Gasteiger partial charge in [-0.15, -0.1) is 11.3 Å². The minimum atomic E-state index is -0.134. The van der Waals surface area contributed by atoms with E-state index in [0.717, 1.165) is 29.5 Å². The molecule has 0 spiro atoms. The molecule has 0 saturated carbocycles. The fourth-order valence-corrected chi connectivity index (χ4v) is 2.39. The molecule has 1 atom stereocenters. The van der Waals surface area contributed by atoms with E-state index in [1.807, 2.05) is 11.6 Å². The number of aryl methyl sites for hydroxylation is 2. The largest absolute Gasteiger partial charge is 0.321 e. The van der Waals surface area contributed by atoms with Gasteiger partial charge in [0.05, 0.1) is 16.7 Å². The number of aromatic nitrogens is 4. The lowest BCUT2D eigenvalue weighted by Crippen LogP contribution is -2.20. The van der Waals surface area contributed by atoms with Gasteiger partial charge in [0, 0.05) is 18.3 Å². The molecule has 5 nitrogen and oxygen atoms in total. The second-order valence-corrected chi connectivity index (χ2v) is 5.07. The van der Waals surface area contributed by atoms with Crippen LogP contribution in [-0.2, 0) is 13.0 Å². The maximum absolute atomic E-state index is 6.15. The Labute approximate surface area is 105 Å². The van der Waals surface area contributed by atoms with Gasteiger partial charge in [0.1, 0.15) is 12.2 Å². The van der Waals surface area contributed by atoms with Crippen molar-refractivity contribution >= 4 is 11.3 Å². The van der Waals surface area contributed by atoms with Crippen molar-refractivity contribution in [2.75, 3.05) is 0 Å². The van der Waals surface area contributed by atoms with Crippen molar-refractivity contribution < 1.29 is 0 Å². The Kier molecular flexibility index (Phi) is 3.86. The molecule has 0 bridgehead atoms. The van der Waals surface area contributed by atoms with Crippen molar-refractivity contribution in [3.8, 4) is 0 Å². The van der Waals surface area contributed by atoms with Gasteiger partial charge in [-0.2, -0.15) is 5.10 Å². The van der Waals surface area contributed by atoms with Gasteiger partial charge in [0.25, 0.3) is 0 Å². The molecular formula is C11H17N5S. The molecule has 0 radical (unpaired) electrons. The summed E-state index contributed by atoms with van der Waals surface area (Å²) in [6.45, 7) is 4.97. The van der Waals surface area contributed by atoms with Gasteiger partial charge >= 0.3 is 0 Å². The van der Waals surface area contributed by atoms with Crippen LogP contribution in [0, 0.1) is 6.92 Å². The highest BCUT2D eigenvalue weighted by Gasteiger charge is 2.15. The first-order valence-electron chi connectivity index (χ1n) is 5.75. The van der Waals surface area contributed by atoms with Crippen LogP contribution in [0.25, 0.3) is 0 Å². The maximum Gasteiger partial charge on any atom is 0.144 e. The highest BCUT2D eigenvalue weighted by molar-refractivity contribution is 7.09. The molecular weight excluding hydrogens is 234 g/mol. The Morgan fingerprint density at radius 3 is 3.00 bits per heavy atom. The van der Waals surface area contributed by atoms with Gasteiger partial charge in [0.15, 0.2) is 0 Å². The van der Waals surface area contributed by atoms with E-state index in [9.17, 15) is 0 Å². The molecule has 2 heterocycles. The van der Waals surface area contributed by atoms with Crippen LogP contribution in [0.15, 0.2) is 11.7 Å². The quantitative estimate of drug-likeness (QED) is 0.878. The molecule has 2 rings (SSSR count). The lowest BCUT2D eigenvalue weighted by molar-refractivity contribution is 0.527. The van der Waals surface area contributed by atoms with Crippen LogP contribution >= 0.6 is 11.3 Å². The van der Waals surface area contributed by atoms with Gasteiger partial charge in [-0.25, -0.2) is 14.6 Å². The number of nitrogens with zero attached hydrogens (tertiary/aromatic N) is 4. The van der Waals surface area contributed by atoms with Crippen molar-refractivity contribution in [2.24, 2.45) is 5.73 Å². The third-order valence-corrected chi connectivity index (χ3v) is 3.33. The Balaban J connectivity index is 2.08. The molecule has 2 aromatic heterocycles. The second-order valence-electron chi connectivity index (χ2n) is 4.01. The minimum Gasteiger partial charge on any atom is -0.321 e. The summed E-state index contributed by atoms with van der Waals surface area (Å²) in [6.07, 6.45) is 3.31. The highest BCUT2D eigenvalue weighted by atomic mass is 32.1. The minimum absolute atomic E-state index is 0.134. The van der Waals surface area contributed by atoms with Gasteiger partial charge in [-0.3, -0.25) is 0 Å². The van der Waals surface area contributed by atoms with E-state index in [2.05, 4.69) is 27.4 Å². The van der Waals surface area contributed by atoms with Crippen molar-refractivity contribution in [2.45, 2.75) is 39.3 Å². The Morgan fingerprint density at radius 2 is 2.35 bits per heavy atom. The molecule has 0 saturated heterocycles. The van der Waals surface area contributed by atoms with Crippen molar-refractivity contribution in [1.82, 2.24) is 19.7 Å². The van der Waals surface area contributed by atoms with Crippen molar-refractivity contribution in [3.05, 3.63) is 28.2 Å². The highest BCUT2D eigenvalue weighted by Crippen LogP contribution is 2.16. The number of hydrogen-bond donors (Lipinski definition) is 1. The summed E-state index contributed by atoms with van der Waals surface area (Å²) in [5, 5.41) is 7.30. The van der Waals surface area contributed by atoms with E-state index in [-0.39, 0.29) is 6.04 Å². The lowest BCUT2D eigenvalue weighted by atomic mass is 10.1. The summed E-state index contributed by atoms with van der Waals surface area (Å²) in [7, 11) is 0. The van der Waals surface area contributed by atoms with Crippen molar-refractivity contribution in [3.63, 3.8) is 0 Å². The smallest absolute Gasteiger partial charge is 0.144 e. The summed E-state index contributed by atoms with van der Waals surface area (Å²) in [6, 6.07) is -0.134. The van der Waals surface area contributed by atoms with E-state index >= 15 is 0 Å². The van der Waals surface area contributed by atoms with E-state index in [1.165, 1.54) is 0 Å². The first-order valence-corrected chi connectivity index (χ1v) is 6.63. The molecule has 0 aliphatic heterocycles. The Morgan fingerprint density at radius 1 is 1.53 bits per heavy atom. The molecule has 17 heavy (non-hydrogen) atoms. The van der Waals surface area contributed by atoms with Crippen LogP contribution in [0.2, 0.25) is 0 Å². The van der Waals surface area contributed by atoms with E-state index in [4.69, 9.17) is 5.73 Å². The SMILES string of the molecule is CCCn1ncnc1C(N)Cc1csc(C)n1. The predicted octanol–water partition coefficient (Wildman–Crippen LogP) is 1.70. The van der Waals surface area contributed by atoms with Crippen LogP contribution in [-0.4, -0.2) is 19.7 Å². The summed E-state index contributed by atoms with van der Waals surface area (Å²) < 4.78 is 1.88. The van der Waals surface area contributed by atoms with Gasteiger partial charge < -0.3 is 5.73 Å². The number of rotatable bonds is 5. The summed E-state index contributed by atoms with van der Waals surface area (Å²) in [4.78, 5) is 8.66. The summed E-state index contributed by atoms with van der Waals surface area (Å²) in [5.41, 5.74) is 7.19. The Bertz CT molecular complexity index is 476. The topological polar surface area (TPSA) is 69.6 Å². The van der Waals surface area contributed by atoms with Gasteiger partial charge in [0.2, 0.25) is 0 Å². The molecule has 0 fully saturated rings. The number of hydrogen-bond acceptors (Lipinski definition) is 5. The molecule has 2 aromatic rings. The molecule has 0 aliphatic rings. The molecule has 0 aromatic carbocycles. The lowest BCUT2D eigenvalue weighted by Gasteiger charge is -2.10. The fraction of sp³-hybridized carbons (Fsp3) is 0.545. The van der Waals surface area contributed by atoms with Crippen LogP contribution in [0.1, 0.15) is 35.9 Å². The molecule has 0 aliphatic carbocycles. The first kappa shape index (κ1) is 12.2. The maximum atomic E-state index is 6.15. The van der Waals surface area contributed by atoms with E-state index in [1.54, 1.807) is 17.7 Å². The van der Waals surface area contributed by atoms with Crippen LogP contribution in [0.3, 0.4) is 0 Å². The van der Waals surface area contributed by atoms with E-state index in [0.29, 0.717) is 6.42 Å². The monoisotopic (exact) mass is 251 g/mol. The zero-order chi connectivity index (χ0) is 12.3. The Hall–Kier alpha value is -1.27. The van der Waals surface area contributed by atoms with Crippen LogP contribution in [0.5, 0.6) is 0 Å². The molecule has 92 valence electrons. The van der Waals surface area contributed by atoms with Crippen LogP contribution < -0.4 is 5.73 Å². The predicted molar refractivity (Wildman–Crippen MR) is 67.8 cm³/mol. The number of nitrogens with two attached hydrogens (primary N) is 1. The zero-order valence-electron chi connectivity index (χ0n) is 10.1. The molecule has 6 heteroatoms. The number of thiazole rings is 1. The fourth-order valence-electron chi connectivity index (χ4n) is 1.76. The average molecular weight is 251 g/mol. The summed E-state index contributed by atoms with van der Waals surface area (Å²) >= 11 is 1.65. The summed E-state index contributed by atoms with van der Waals surface area (Å²) in [5.74, 6) is 0.845.